The van der Waals surface area contributed by atoms with Gasteiger partial charge in [-0.25, -0.2) is 14.3 Å². The van der Waals surface area contributed by atoms with Crippen molar-refractivity contribution in [3.05, 3.63) is 46.2 Å². The molecule has 0 saturated heterocycles. The first-order chi connectivity index (χ1) is 8.91. The Morgan fingerprint density at radius 1 is 1.16 bits per heavy atom. The number of hydrogen-bond donors (Lipinski definition) is 2. The minimum atomic E-state index is -1.38. The Morgan fingerprint density at radius 2 is 1.74 bits per heavy atom. The summed E-state index contributed by atoms with van der Waals surface area (Å²) >= 11 is 5.76. The fourth-order valence-electron chi connectivity index (χ4n) is 1.74. The number of rotatable bonds is 3. The van der Waals surface area contributed by atoms with E-state index in [1.807, 2.05) is 0 Å². The van der Waals surface area contributed by atoms with Crippen LogP contribution in [-0.2, 0) is 0 Å². The fourth-order valence-corrected chi connectivity index (χ4v) is 1.87. The predicted octanol–water partition coefficient (Wildman–Crippen LogP) is 2.23. The lowest BCUT2D eigenvalue weighted by molar-refractivity contribution is 0.0648. The van der Waals surface area contributed by atoms with Crippen molar-refractivity contribution in [2.45, 2.75) is 6.92 Å². The summed E-state index contributed by atoms with van der Waals surface area (Å²) in [7, 11) is 0. The summed E-state index contributed by atoms with van der Waals surface area (Å²) in [5, 5.41) is 22.4. The van der Waals surface area contributed by atoms with E-state index < -0.39 is 17.6 Å². The number of benzene rings is 1. The number of hydrogen-bond acceptors (Lipinski definition) is 3. The average molecular weight is 281 g/mol. The molecule has 0 saturated carbocycles. The van der Waals surface area contributed by atoms with Crippen LogP contribution < -0.4 is 0 Å². The number of carboxylic acid groups (broad SMARTS) is 2. The molecule has 1 aromatic heterocycles. The highest BCUT2D eigenvalue weighted by atomic mass is 35.5. The van der Waals surface area contributed by atoms with E-state index in [9.17, 15) is 9.59 Å². The smallest absolute Gasteiger partial charge is 0.357 e. The first kappa shape index (κ1) is 13.1. The first-order valence-electron chi connectivity index (χ1n) is 5.24. The summed E-state index contributed by atoms with van der Waals surface area (Å²) in [5.41, 5.74) is -0.0217. The van der Waals surface area contributed by atoms with Gasteiger partial charge in [0.2, 0.25) is 0 Å². The number of aromatic carboxylic acids is 2. The molecule has 6 nitrogen and oxygen atoms in total. The van der Waals surface area contributed by atoms with Gasteiger partial charge in [0, 0.05) is 5.02 Å². The van der Waals surface area contributed by atoms with E-state index >= 15 is 0 Å². The van der Waals surface area contributed by atoms with Crippen LogP contribution in [0.15, 0.2) is 24.3 Å². The van der Waals surface area contributed by atoms with E-state index in [0.717, 1.165) is 0 Å². The molecule has 0 aliphatic rings. The van der Waals surface area contributed by atoms with Gasteiger partial charge in [0.15, 0.2) is 5.69 Å². The van der Waals surface area contributed by atoms with Gasteiger partial charge in [0.05, 0.1) is 11.4 Å². The molecule has 0 amide bonds. The van der Waals surface area contributed by atoms with Crippen molar-refractivity contribution in [2.24, 2.45) is 0 Å². The maximum Gasteiger partial charge on any atom is 0.357 e. The Kier molecular flexibility index (Phi) is 3.26. The van der Waals surface area contributed by atoms with Gasteiger partial charge < -0.3 is 10.2 Å². The quantitative estimate of drug-likeness (QED) is 0.899. The van der Waals surface area contributed by atoms with Crippen molar-refractivity contribution in [1.29, 1.82) is 0 Å². The SMILES string of the molecule is Cc1c(C(=O)O)c(C(=O)O)nn1-c1ccc(Cl)cc1. The van der Waals surface area contributed by atoms with Crippen LogP contribution in [0.5, 0.6) is 0 Å². The van der Waals surface area contributed by atoms with Crippen molar-refractivity contribution < 1.29 is 19.8 Å². The van der Waals surface area contributed by atoms with E-state index in [0.29, 0.717) is 10.7 Å². The maximum absolute atomic E-state index is 11.1. The van der Waals surface area contributed by atoms with Crippen molar-refractivity contribution >= 4 is 23.5 Å². The third kappa shape index (κ3) is 2.30. The highest BCUT2D eigenvalue weighted by molar-refractivity contribution is 6.30. The zero-order valence-electron chi connectivity index (χ0n) is 9.79. The van der Waals surface area contributed by atoms with Gasteiger partial charge >= 0.3 is 11.9 Å². The molecule has 0 spiro atoms. The molecule has 0 bridgehead atoms. The van der Waals surface area contributed by atoms with E-state index in [1.54, 1.807) is 24.3 Å². The second-order valence-electron chi connectivity index (χ2n) is 3.81. The van der Waals surface area contributed by atoms with Crippen LogP contribution in [0, 0.1) is 6.92 Å². The van der Waals surface area contributed by atoms with Crippen molar-refractivity contribution in [3.8, 4) is 5.69 Å². The molecular weight excluding hydrogens is 272 g/mol. The highest BCUT2D eigenvalue weighted by Gasteiger charge is 2.25. The zero-order valence-corrected chi connectivity index (χ0v) is 10.5. The molecule has 19 heavy (non-hydrogen) atoms. The number of carbonyl (C=O) groups is 2. The van der Waals surface area contributed by atoms with Crippen LogP contribution in [0.25, 0.3) is 5.69 Å². The Hall–Kier alpha value is -2.34. The van der Waals surface area contributed by atoms with Gasteiger partial charge in [-0.2, -0.15) is 5.10 Å². The predicted molar refractivity (Wildman–Crippen MR) is 67.2 cm³/mol. The Bertz CT molecular complexity index is 661. The molecule has 7 heteroatoms. The summed E-state index contributed by atoms with van der Waals surface area (Å²) in [5.74, 6) is -2.71. The van der Waals surface area contributed by atoms with Crippen LogP contribution in [0.1, 0.15) is 26.5 Å². The van der Waals surface area contributed by atoms with E-state index in [-0.39, 0.29) is 11.3 Å². The molecule has 0 radical (unpaired) electrons. The zero-order chi connectivity index (χ0) is 14.2. The second kappa shape index (κ2) is 4.74. The van der Waals surface area contributed by atoms with Gasteiger partial charge in [0.1, 0.15) is 5.56 Å². The van der Waals surface area contributed by atoms with Crippen LogP contribution in [-0.4, -0.2) is 31.9 Å². The van der Waals surface area contributed by atoms with E-state index in [1.165, 1.54) is 11.6 Å². The highest BCUT2D eigenvalue weighted by Crippen LogP contribution is 2.20. The van der Waals surface area contributed by atoms with Crippen molar-refractivity contribution in [2.75, 3.05) is 0 Å². The molecule has 0 aliphatic carbocycles. The monoisotopic (exact) mass is 280 g/mol. The summed E-state index contributed by atoms with van der Waals surface area (Å²) < 4.78 is 1.27. The van der Waals surface area contributed by atoms with E-state index in [2.05, 4.69) is 5.10 Å². The standard InChI is InChI=1S/C12H9ClN2O4/c1-6-9(11(16)17)10(12(18)19)14-15(6)8-4-2-7(13)3-5-8/h2-5H,1H3,(H,16,17)(H,18,19). The maximum atomic E-state index is 11.1. The molecule has 0 fully saturated rings. The average Bonchev–Trinajstić information content (AvgIpc) is 2.68. The fraction of sp³-hybridized carbons (Fsp3) is 0.0833. The Labute approximate surface area is 112 Å². The molecule has 2 N–H and O–H groups in total. The lowest BCUT2D eigenvalue weighted by Crippen LogP contribution is -2.07. The molecule has 0 aliphatic heterocycles. The number of nitrogens with zero attached hydrogens (tertiary/aromatic N) is 2. The molecule has 2 rings (SSSR count). The van der Waals surface area contributed by atoms with Gasteiger partial charge in [-0.05, 0) is 31.2 Å². The lowest BCUT2D eigenvalue weighted by atomic mass is 10.2. The molecule has 1 aromatic carbocycles. The van der Waals surface area contributed by atoms with Gasteiger partial charge in [-0.15, -0.1) is 0 Å². The van der Waals surface area contributed by atoms with Crippen LogP contribution in [0.4, 0.5) is 0 Å². The molecule has 2 aromatic rings. The molecule has 98 valence electrons. The third-order valence-electron chi connectivity index (χ3n) is 2.60. The molecule has 0 unspecified atom stereocenters. The topological polar surface area (TPSA) is 92.4 Å². The molecule has 0 atom stereocenters. The van der Waals surface area contributed by atoms with Crippen LogP contribution in [0.2, 0.25) is 5.02 Å². The Balaban J connectivity index is 2.65. The number of aromatic nitrogens is 2. The van der Waals surface area contributed by atoms with Crippen molar-refractivity contribution in [3.63, 3.8) is 0 Å². The summed E-state index contributed by atoms with van der Waals surface area (Å²) in [6.45, 7) is 1.50. The number of halogens is 1. The van der Waals surface area contributed by atoms with Gasteiger partial charge in [-0.3, -0.25) is 0 Å². The minimum absolute atomic E-state index is 0.243. The van der Waals surface area contributed by atoms with Crippen LogP contribution >= 0.6 is 11.6 Å². The van der Waals surface area contributed by atoms with Crippen LogP contribution in [0.3, 0.4) is 0 Å². The summed E-state index contributed by atoms with van der Waals surface area (Å²) in [6.07, 6.45) is 0. The third-order valence-corrected chi connectivity index (χ3v) is 2.86. The lowest BCUT2D eigenvalue weighted by Gasteiger charge is -2.04. The second-order valence-corrected chi connectivity index (χ2v) is 4.24. The molecule has 1 heterocycles. The summed E-state index contributed by atoms with van der Waals surface area (Å²) in [6, 6.07) is 6.47. The minimum Gasteiger partial charge on any atom is -0.478 e. The first-order valence-corrected chi connectivity index (χ1v) is 5.61. The van der Waals surface area contributed by atoms with Gasteiger partial charge in [-0.1, -0.05) is 11.6 Å². The van der Waals surface area contributed by atoms with E-state index in [4.69, 9.17) is 21.8 Å². The normalized spacial score (nSPS) is 10.4. The van der Waals surface area contributed by atoms with Gasteiger partial charge in [0.25, 0.3) is 0 Å². The summed E-state index contributed by atoms with van der Waals surface area (Å²) in [4.78, 5) is 22.1. The largest absolute Gasteiger partial charge is 0.478 e. The van der Waals surface area contributed by atoms with Crippen molar-refractivity contribution in [1.82, 2.24) is 9.78 Å². The number of carboxylic acids is 2. The Morgan fingerprint density at radius 3 is 2.16 bits per heavy atom. The molecular formula is C12H9ClN2O4.